The lowest BCUT2D eigenvalue weighted by molar-refractivity contribution is 0.0599. The number of benzene rings is 2. The van der Waals surface area contributed by atoms with Gasteiger partial charge in [-0.2, -0.15) is 0 Å². The quantitative estimate of drug-likeness (QED) is 0.670. The summed E-state index contributed by atoms with van der Waals surface area (Å²) in [5, 5.41) is 1.07. The van der Waals surface area contributed by atoms with Gasteiger partial charge < -0.3 is 9.72 Å². The van der Waals surface area contributed by atoms with Gasteiger partial charge in [0.05, 0.1) is 12.8 Å². The van der Waals surface area contributed by atoms with Gasteiger partial charge in [0, 0.05) is 21.2 Å². The van der Waals surface area contributed by atoms with Gasteiger partial charge in [0.15, 0.2) is 0 Å². The van der Waals surface area contributed by atoms with E-state index in [1.165, 1.54) is 13.2 Å². The lowest BCUT2D eigenvalue weighted by atomic mass is 9.97. The number of aromatic nitrogens is 1. The Labute approximate surface area is 154 Å². The summed E-state index contributed by atoms with van der Waals surface area (Å²) in [4.78, 5) is 27.0. The number of nitrogens with one attached hydrogen (secondary N) is 1. The molecule has 6 heteroatoms. The van der Waals surface area contributed by atoms with Crippen LogP contribution in [-0.4, -0.2) is 18.1 Å². The van der Waals surface area contributed by atoms with Crippen molar-refractivity contribution >= 4 is 29.2 Å². The molecule has 126 valence electrons. The molecule has 1 aromatic heterocycles. The van der Waals surface area contributed by atoms with Crippen molar-refractivity contribution in [2.45, 2.75) is 0 Å². The van der Waals surface area contributed by atoms with Crippen molar-refractivity contribution in [2.24, 2.45) is 0 Å². The fraction of sp³-hybridized carbons (Fsp3) is 0.0526. The number of esters is 1. The SMILES string of the molecule is COC(=O)c1cc(-c2ccc(Cl)cc2)c(-c2ccccc2Cl)[nH]c1=O. The summed E-state index contributed by atoms with van der Waals surface area (Å²) in [6, 6.07) is 15.7. The standard InChI is InChI=1S/C19H13Cl2NO3/c1-25-19(24)15-10-14(11-6-8-12(20)9-7-11)17(22-18(15)23)13-4-2-3-5-16(13)21/h2-10H,1H3,(H,22,23). The molecule has 0 aliphatic carbocycles. The van der Waals surface area contributed by atoms with Gasteiger partial charge in [-0.3, -0.25) is 4.79 Å². The van der Waals surface area contributed by atoms with Gasteiger partial charge in [-0.05, 0) is 29.8 Å². The molecule has 0 unspecified atom stereocenters. The van der Waals surface area contributed by atoms with E-state index in [1.807, 2.05) is 6.07 Å². The van der Waals surface area contributed by atoms with Gasteiger partial charge in [0.1, 0.15) is 5.56 Å². The van der Waals surface area contributed by atoms with Crippen LogP contribution in [0.15, 0.2) is 59.4 Å². The number of hydrogen-bond donors (Lipinski definition) is 1. The molecule has 0 radical (unpaired) electrons. The number of methoxy groups -OCH3 is 1. The zero-order valence-electron chi connectivity index (χ0n) is 13.2. The maximum Gasteiger partial charge on any atom is 0.343 e. The molecule has 25 heavy (non-hydrogen) atoms. The lowest BCUT2D eigenvalue weighted by Gasteiger charge is -2.13. The molecule has 0 amide bonds. The van der Waals surface area contributed by atoms with Crippen LogP contribution in [0, 0.1) is 0 Å². The van der Waals surface area contributed by atoms with E-state index in [1.54, 1.807) is 42.5 Å². The maximum atomic E-state index is 12.3. The summed E-state index contributed by atoms with van der Waals surface area (Å²) < 4.78 is 4.69. The average molecular weight is 374 g/mol. The normalized spacial score (nSPS) is 10.5. The first-order valence-electron chi connectivity index (χ1n) is 7.37. The van der Waals surface area contributed by atoms with Gasteiger partial charge in [-0.25, -0.2) is 4.79 Å². The summed E-state index contributed by atoms with van der Waals surface area (Å²) in [5.74, 6) is -0.706. The van der Waals surface area contributed by atoms with Gasteiger partial charge in [-0.1, -0.05) is 53.5 Å². The largest absolute Gasteiger partial charge is 0.465 e. The summed E-state index contributed by atoms with van der Waals surface area (Å²) in [6.07, 6.45) is 0. The first kappa shape index (κ1) is 17.3. The Balaban J connectivity index is 2.32. The van der Waals surface area contributed by atoms with Crippen LogP contribution in [-0.2, 0) is 4.74 Å². The topological polar surface area (TPSA) is 59.2 Å². The summed E-state index contributed by atoms with van der Waals surface area (Å²) in [6.45, 7) is 0. The second-order valence-corrected chi connectivity index (χ2v) is 6.12. The van der Waals surface area contributed by atoms with Crippen molar-refractivity contribution in [1.29, 1.82) is 0 Å². The van der Waals surface area contributed by atoms with Crippen LogP contribution in [0.4, 0.5) is 0 Å². The van der Waals surface area contributed by atoms with E-state index in [-0.39, 0.29) is 5.56 Å². The molecule has 1 N–H and O–H groups in total. The number of rotatable bonds is 3. The second kappa shape index (κ2) is 7.13. The molecular formula is C19H13Cl2NO3. The Morgan fingerprint density at radius 2 is 1.68 bits per heavy atom. The Hall–Kier alpha value is -2.56. The molecule has 0 aliphatic heterocycles. The molecule has 4 nitrogen and oxygen atoms in total. The van der Waals surface area contributed by atoms with E-state index in [9.17, 15) is 9.59 Å². The van der Waals surface area contributed by atoms with Crippen molar-refractivity contribution < 1.29 is 9.53 Å². The zero-order valence-corrected chi connectivity index (χ0v) is 14.7. The van der Waals surface area contributed by atoms with Crippen molar-refractivity contribution in [3.8, 4) is 22.4 Å². The monoisotopic (exact) mass is 373 g/mol. The molecule has 0 fully saturated rings. The smallest absolute Gasteiger partial charge is 0.343 e. The Morgan fingerprint density at radius 3 is 2.32 bits per heavy atom. The number of H-pyrrole nitrogens is 1. The first-order valence-corrected chi connectivity index (χ1v) is 8.13. The highest BCUT2D eigenvalue weighted by atomic mass is 35.5. The van der Waals surface area contributed by atoms with Gasteiger partial charge >= 0.3 is 5.97 Å². The highest BCUT2D eigenvalue weighted by Gasteiger charge is 2.18. The summed E-state index contributed by atoms with van der Waals surface area (Å²) in [7, 11) is 1.23. The number of aromatic amines is 1. The second-order valence-electron chi connectivity index (χ2n) is 5.28. The van der Waals surface area contributed by atoms with Gasteiger partial charge in [0.25, 0.3) is 5.56 Å². The molecule has 0 atom stereocenters. The third-order valence-electron chi connectivity index (χ3n) is 3.74. The first-order chi connectivity index (χ1) is 12.0. The predicted molar refractivity (Wildman–Crippen MR) is 99.3 cm³/mol. The Bertz CT molecular complexity index is 994. The van der Waals surface area contributed by atoms with Gasteiger partial charge in [0.2, 0.25) is 0 Å². The van der Waals surface area contributed by atoms with Crippen LogP contribution in [0.5, 0.6) is 0 Å². The number of carbonyl (C=O) groups is 1. The summed E-state index contributed by atoms with van der Waals surface area (Å²) >= 11 is 12.2. The zero-order chi connectivity index (χ0) is 18.0. The molecule has 0 spiro atoms. The van der Waals surface area contributed by atoms with Crippen molar-refractivity contribution in [2.75, 3.05) is 7.11 Å². The predicted octanol–water partition coefficient (Wildman–Crippen LogP) is 4.80. The van der Waals surface area contributed by atoms with E-state index < -0.39 is 11.5 Å². The van der Waals surface area contributed by atoms with E-state index in [0.717, 1.165) is 5.56 Å². The molecule has 0 saturated carbocycles. The van der Waals surface area contributed by atoms with Crippen LogP contribution >= 0.6 is 23.2 Å². The van der Waals surface area contributed by atoms with Crippen molar-refractivity contribution in [1.82, 2.24) is 4.98 Å². The number of hydrogen-bond acceptors (Lipinski definition) is 3. The Kier molecular flexibility index (Phi) is 4.93. The van der Waals surface area contributed by atoms with Crippen LogP contribution in [0.1, 0.15) is 10.4 Å². The van der Waals surface area contributed by atoms with Crippen molar-refractivity contribution in [3.05, 3.63) is 80.6 Å². The van der Waals surface area contributed by atoms with E-state index in [4.69, 9.17) is 27.9 Å². The van der Waals surface area contributed by atoms with Crippen LogP contribution in [0.2, 0.25) is 10.0 Å². The maximum absolute atomic E-state index is 12.3. The minimum Gasteiger partial charge on any atom is -0.465 e. The van der Waals surface area contributed by atoms with E-state index in [0.29, 0.717) is 26.9 Å². The highest BCUT2D eigenvalue weighted by Crippen LogP contribution is 2.34. The van der Waals surface area contributed by atoms with Crippen LogP contribution in [0.25, 0.3) is 22.4 Å². The lowest BCUT2D eigenvalue weighted by Crippen LogP contribution is -2.20. The molecule has 0 aliphatic rings. The van der Waals surface area contributed by atoms with Crippen LogP contribution < -0.4 is 5.56 Å². The third kappa shape index (κ3) is 3.45. The van der Waals surface area contributed by atoms with Gasteiger partial charge in [-0.15, -0.1) is 0 Å². The fourth-order valence-electron chi connectivity index (χ4n) is 2.53. The molecule has 1 heterocycles. The highest BCUT2D eigenvalue weighted by molar-refractivity contribution is 6.33. The average Bonchev–Trinajstić information content (AvgIpc) is 2.62. The molecule has 3 rings (SSSR count). The number of pyridine rings is 1. The van der Waals surface area contributed by atoms with Crippen molar-refractivity contribution in [3.63, 3.8) is 0 Å². The molecular weight excluding hydrogens is 361 g/mol. The molecule has 2 aromatic carbocycles. The third-order valence-corrected chi connectivity index (χ3v) is 4.33. The minimum absolute atomic E-state index is 0.0803. The van der Waals surface area contributed by atoms with E-state index >= 15 is 0 Å². The van der Waals surface area contributed by atoms with Crippen LogP contribution in [0.3, 0.4) is 0 Å². The van der Waals surface area contributed by atoms with E-state index in [2.05, 4.69) is 4.98 Å². The number of halogens is 2. The fourth-order valence-corrected chi connectivity index (χ4v) is 2.88. The Morgan fingerprint density at radius 1 is 1.00 bits per heavy atom. The summed E-state index contributed by atoms with van der Waals surface area (Å²) in [5.41, 5.74) is 1.97. The molecule has 0 saturated heterocycles. The minimum atomic E-state index is -0.706. The number of ether oxygens (including phenoxy) is 1. The number of carbonyl (C=O) groups excluding carboxylic acids is 1. The molecule has 3 aromatic rings. The molecule has 0 bridgehead atoms.